The highest BCUT2D eigenvalue weighted by atomic mass is 79.9. The minimum atomic E-state index is -0.878. The molecule has 1 amide bonds. The van der Waals surface area contributed by atoms with E-state index in [0.717, 1.165) is 4.47 Å². The molecule has 0 aliphatic heterocycles. The molecule has 0 saturated heterocycles. The molecule has 5 nitrogen and oxygen atoms in total. The Morgan fingerprint density at radius 1 is 1.27 bits per heavy atom. The van der Waals surface area contributed by atoms with Gasteiger partial charge in [-0.2, -0.15) is 0 Å². The molecule has 0 spiro atoms. The van der Waals surface area contributed by atoms with Crippen molar-refractivity contribution in [3.63, 3.8) is 0 Å². The van der Waals surface area contributed by atoms with Crippen LogP contribution in [0.5, 0.6) is 0 Å². The van der Waals surface area contributed by atoms with Crippen molar-refractivity contribution < 1.29 is 14.7 Å². The Hall–Kier alpha value is -2.08. The highest BCUT2D eigenvalue weighted by Gasteiger charge is 2.15. The van der Waals surface area contributed by atoms with Crippen LogP contribution in [0, 0.1) is 0 Å². The zero-order valence-electron chi connectivity index (χ0n) is 12.3. The van der Waals surface area contributed by atoms with Gasteiger partial charge in [-0.15, -0.1) is 0 Å². The van der Waals surface area contributed by atoms with Gasteiger partial charge in [-0.05, 0) is 53.5 Å². The van der Waals surface area contributed by atoms with Crippen LogP contribution in [0.3, 0.4) is 0 Å². The molecule has 0 aliphatic rings. The van der Waals surface area contributed by atoms with E-state index in [2.05, 4.69) is 21.2 Å². The number of carbonyl (C=O) groups is 2. The Kier molecular flexibility index (Phi) is 5.03. The second kappa shape index (κ2) is 6.79. The molecule has 0 bridgehead atoms. The van der Waals surface area contributed by atoms with Gasteiger partial charge >= 0.3 is 5.97 Å². The van der Waals surface area contributed by atoms with Crippen LogP contribution in [-0.4, -0.2) is 21.6 Å². The first-order valence-corrected chi connectivity index (χ1v) is 7.65. The van der Waals surface area contributed by atoms with Crippen LogP contribution >= 0.6 is 15.9 Å². The maximum absolute atomic E-state index is 12.4. The summed E-state index contributed by atoms with van der Waals surface area (Å²) < 4.78 is 2.74. The lowest BCUT2D eigenvalue weighted by Gasteiger charge is -2.13. The number of hydrogen-bond donors (Lipinski definition) is 2. The molecular formula is C16H17BrN2O3. The van der Waals surface area contributed by atoms with Gasteiger partial charge in [0.15, 0.2) is 0 Å². The summed E-state index contributed by atoms with van der Waals surface area (Å²) in [6.45, 7) is 4.01. The number of rotatable bonds is 5. The van der Waals surface area contributed by atoms with Crippen molar-refractivity contribution in [3.8, 4) is 0 Å². The van der Waals surface area contributed by atoms with Crippen molar-refractivity contribution in [1.82, 2.24) is 4.57 Å². The average molecular weight is 365 g/mol. The van der Waals surface area contributed by atoms with Gasteiger partial charge in [0.1, 0.15) is 5.69 Å². The van der Waals surface area contributed by atoms with Gasteiger partial charge in [0.05, 0.1) is 6.42 Å². The predicted octanol–water partition coefficient (Wildman–Crippen LogP) is 3.71. The number of nitrogens with zero attached hydrogens (tertiary/aromatic N) is 1. The van der Waals surface area contributed by atoms with Crippen molar-refractivity contribution in [2.24, 2.45) is 0 Å². The van der Waals surface area contributed by atoms with Crippen molar-refractivity contribution in [1.29, 1.82) is 0 Å². The van der Waals surface area contributed by atoms with E-state index >= 15 is 0 Å². The number of aliphatic carboxylic acids is 1. The molecule has 22 heavy (non-hydrogen) atoms. The van der Waals surface area contributed by atoms with Crippen molar-refractivity contribution >= 4 is 33.5 Å². The molecule has 0 unspecified atom stereocenters. The number of hydrogen-bond acceptors (Lipinski definition) is 2. The zero-order valence-corrected chi connectivity index (χ0v) is 13.9. The molecule has 1 heterocycles. The maximum atomic E-state index is 12.4. The Balaban J connectivity index is 2.13. The molecule has 0 aliphatic carbocycles. The number of anilines is 1. The number of benzene rings is 1. The largest absolute Gasteiger partial charge is 0.481 e. The second-order valence-electron chi connectivity index (χ2n) is 5.27. The Labute approximate surface area is 137 Å². The first kappa shape index (κ1) is 16.3. The number of aromatic nitrogens is 1. The number of carboxylic acid groups (broad SMARTS) is 1. The van der Waals surface area contributed by atoms with E-state index < -0.39 is 5.97 Å². The van der Waals surface area contributed by atoms with Crippen LogP contribution in [0.4, 0.5) is 5.69 Å². The average Bonchev–Trinajstić information content (AvgIpc) is 2.83. The molecule has 116 valence electrons. The first-order valence-electron chi connectivity index (χ1n) is 6.86. The zero-order chi connectivity index (χ0) is 16.3. The third-order valence-electron chi connectivity index (χ3n) is 3.17. The van der Waals surface area contributed by atoms with E-state index in [1.54, 1.807) is 30.3 Å². The monoisotopic (exact) mass is 364 g/mol. The highest BCUT2D eigenvalue weighted by Crippen LogP contribution is 2.20. The topological polar surface area (TPSA) is 71.3 Å². The van der Waals surface area contributed by atoms with Crippen LogP contribution in [0.2, 0.25) is 0 Å². The molecule has 1 aromatic heterocycles. The summed E-state index contributed by atoms with van der Waals surface area (Å²) >= 11 is 3.38. The minimum absolute atomic E-state index is 0.0304. The molecule has 0 atom stereocenters. The van der Waals surface area contributed by atoms with Gasteiger partial charge < -0.3 is 15.0 Å². The van der Waals surface area contributed by atoms with Gasteiger partial charge in [0.2, 0.25) is 0 Å². The van der Waals surface area contributed by atoms with Gasteiger partial charge in [-0.1, -0.05) is 12.1 Å². The molecule has 0 radical (unpaired) electrons. The molecule has 2 aromatic rings. The predicted molar refractivity (Wildman–Crippen MR) is 88.3 cm³/mol. The number of nitrogens with one attached hydrogen (secondary N) is 1. The van der Waals surface area contributed by atoms with Gasteiger partial charge in [-0.25, -0.2) is 0 Å². The summed E-state index contributed by atoms with van der Waals surface area (Å²) in [5.41, 5.74) is 1.89. The quantitative estimate of drug-likeness (QED) is 0.849. The van der Waals surface area contributed by atoms with Crippen molar-refractivity contribution in [2.75, 3.05) is 5.32 Å². The third kappa shape index (κ3) is 3.98. The van der Waals surface area contributed by atoms with Crippen molar-refractivity contribution in [2.45, 2.75) is 26.3 Å². The van der Waals surface area contributed by atoms with E-state index in [1.807, 2.05) is 24.6 Å². The van der Waals surface area contributed by atoms with E-state index in [-0.39, 0.29) is 18.4 Å². The Bertz CT molecular complexity index is 690. The lowest BCUT2D eigenvalue weighted by atomic mass is 10.1. The number of halogens is 1. The van der Waals surface area contributed by atoms with E-state index in [1.165, 1.54) is 0 Å². The first-order chi connectivity index (χ1) is 10.4. The molecule has 1 aromatic carbocycles. The third-order valence-corrected chi connectivity index (χ3v) is 3.60. The fourth-order valence-corrected chi connectivity index (χ4v) is 2.57. The molecule has 2 rings (SSSR count). The van der Waals surface area contributed by atoms with Crippen LogP contribution in [0.15, 0.2) is 41.0 Å². The van der Waals surface area contributed by atoms with Crippen LogP contribution in [0.25, 0.3) is 0 Å². The summed E-state index contributed by atoms with van der Waals surface area (Å²) in [6, 6.07) is 8.74. The smallest absolute Gasteiger partial charge is 0.307 e. The molecule has 2 N–H and O–H groups in total. The minimum Gasteiger partial charge on any atom is -0.481 e. The van der Waals surface area contributed by atoms with Gasteiger partial charge in [0, 0.05) is 22.4 Å². The summed E-state index contributed by atoms with van der Waals surface area (Å²) in [5.74, 6) is -1.08. The summed E-state index contributed by atoms with van der Waals surface area (Å²) in [5, 5.41) is 11.6. The SMILES string of the molecule is CC(C)n1cc(Br)cc1C(=O)Nc1ccc(CC(=O)O)cc1. The fourth-order valence-electron chi connectivity index (χ4n) is 2.13. The van der Waals surface area contributed by atoms with Crippen LogP contribution in [0.1, 0.15) is 35.9 Å². The lowest BCUT2D eigenvalue weighted by Crippen LogP contribution is -2.17. The van der Waals surface area contributed by atoms with E-state index in [4.69, 9.17) is 5.11 Å². The number of amides is 1. The standard InChI is InChI=1S/C16H17BrN2O3/c1-10(2)19-9-12(17)8-14(19)16(22)18-13-5-3-11(4-6-13)7-15(20)21/h3-6,8-10H,7H2,1-2H3,(H,18,22)(H,20,21). The lowest BCUT2D eigenvalue weighted by molar-refractivity contribution is -0.136. The summed E-state index contributed by atoms with van der Waals surface area (Å²) in [6.07, 6.45) is 1.84. The van der Waals surface area contributed by atoms with Gasteiger partial charge in [0.25, 0.3) is 5.91 Å². The molecular weight excluding hydrogens is 348 g/mol. The summed E-state index contributed by atoms with van der Waals surface area (Å²) in [4.78, 5) is 23.0. The van der Waals surface area contributed by atoms with E-state index in [9.17, 15) is 9.59 Å². The van der Waals surface area contributed by atoms with Crippen molar-refractivity contribution in [3.05, 3.63) is 52.3 Å². The molecule has 0 saturated carbocycles. The highest BCUT2D eigenvalue weighted by molar-refractivity contribution is 9.10. The fraction of sp³-hybridized carbons (Fsp3) is 0.250. The maximum Gasteiger partial charge on any atom is 0.307 e. The van der Waals surface area contributed by atoms with Crippen LogP contribution < -0.4 is 5.32 Å². The summed E-state index contributed by atoms with van der Waals surface area (Å²) in [7, 11) is 0. The number of carboxylic acids is 1. The van der Waals surface area contributed by atoms with Crippen LogP contribution in [-0.2, 0) is 11.2 Å². The Morgan fingerprint density at radius 3 is 2.45 bits per heavy atom. The molecule has 0 fully saturated rings. The normalized spacial score (nSPS) is 10.7. The Morgan fingerprint density at radius 2 is 1.91 bits per heavy atom. The van der Waals surface area contributed by atoms with Gasteiger partial charge in [-0.3, -0.25) is 9.59 Å². The number of carbonyl (C=O) groups excluding carboxylic acids is 1. The molecule has 6 heteroatoms. The van der Waals surface area contributed by atoms with E-state index in [0.29, 0.717) is 16.9 Å². The second-order valence-corrected chi connectivity index (χ2v) is 6.18.